The van der Waals surface area contributed by atoms with Crippen molar-refractivity contribution in [3.63, 3.8) is 0 Å². The second-order valence-corrected chi connectivity index (χ2v) is 4.27. The van der Waals surface area contributed by atoms with Crippen LogP contribution in [0.3, 0.4) is 0 Å². The van der Waals surface area contributed by atoms with Crippen molar-refractivity contribution in [1.82, 2.24) is 9.97 Å². The Labute approximate surface area is 110 Å². The van der Waals surface area contributed by atoms with Gasteiger partial charge in [-0.3, -0.25) is 0 Å². The van der Waals surface area contributed by atoms with Gasteiger partial charge >= 0.3 is 0 Å². The van der Waals surface area contributed by atoms with Crippen LogP contribution in [0.5, 0.6) is 5.75 Å². The molecule has 1 aromatic carbocycles. The number of H-pyrrole nitrogens is 1. The summed E-state index contributed by atoms with van der Waals surface area (Å²) >= 11 is 5.98. The van der Waals surface area contributed by atoms with E-state index in [1.165, 1.54) is 0 Å². The van der Waals surface area contributed by atoms with Crippen LogP contribution in [0.15, 0.2) is 18.2 Å². The Morgan fingerprint density at radius 2 is 2.28 bits per heavy atom. The lowest BCUT2D eigenvalue weighted by Crippen LogP contribution is -1.89. The van der Waals surface area contributed by atoms with Crippen LogP contribution in [0, 0.1) is 18.3 Å². The zero-order chi connectivity index (χ0) is 13.1. The monoisotopic (exact) mass is 261 g/mol. The molecule has 18 heavy (non-hydrogen) atoms. The Morgan fingerprint density at radius 3 is 2.94 bits per heavy atom. The minimum absolute atomic E-state index is 0.283. The molecule has 0 atom stereocenters. The van der Waals surface area contributed by atoms with E-state index < -0.39 is 0 Å². The number of methoxy groups -OCH3 is 1. The van der Waals surface area contributed by atoms with Gasteiger partial charge in [0.1, 0.15) is 11.6 Å². The van der Waals surface area contributed by atoms with Gasteiger partial charge in [-0.2, -0.15) is 5.26 Å². The second-order valence-electron chi connectivity index (χ2n) is 3.84. The third kappa shape index (κ3) is 2.31. The molecule has 2 aromatic rings. The van der Waals surface area contributed by atoms with Crippen LogP contribution in [0.4, 0.5) is 0 Å². The largest absolute Gasteiger partial charge is 0.496 e. The van der Waals surface area contributed by atoms with Gasteiger partial charge in [-0.25, -0.2) is 4.98 Å². The number of imidazole rings is 1. The van der Waals surface area contributed by atoms with Gasteiger partial charge in [0.2, 0.25) is 0 Å². The summed E-state index contributed by atoms with van der Waals surface area (Å²) in [6, 6.07) is 7.43. The smallest absolute Gasteiger partial charge is 0.141 e. The third-order valence-electron chi connectivity index (χ3n) is 2.65. The summed E-state index contributed by atoms with van der Waals surface area (Å²) in [7, 11) is 1.60. The Morgan fingerprint density at radius 1 is 1.50 bits per heavy atom. The minimum atomic E-state index is 0.283. The molecule has 0 unspecified atom stereocenters. The summed E-state index contributed by atoms with van der Waals surface area (Å²) < 4.78 is 5.28. The standard InChI is InChI=1S/C13H12ClN3O/c1-8-11(5-6-15)17-13(16-8)10-7-9(14)3-4-12(10)18-2/h3-4,7H,5H2,1-2H3,(H,16,17). The molecule has 0 bridgehead atoms. The number of benzene rings is 1. The van der Waals surface area contributed by atoms with Gasteiger partial charge in [0, 0.05) is 10.7 Å². The summed E-state index contributed by atoms with van der Waals surface area (Å²) in [6.45, 7) is 1.89. The molecule has 2 rings (SSSR count). The molecular formula is C13H12ClN3O. The number of halogens is 1. The fourth-order valence-electron chi connectivity index (χ4n) is 1.74. The number of hydrogen-bond acceptors (Lipinski definition) is 3. The summed E-state index contributed by atoms with van der Waals surface area (Å²) in [6.07, 6.45) is 0.283. The van der Waals surface area contributed by atoms with Gasteiger partial charge in [-0.1, -0.05) is 11.6 Å². The number of aryl methyl sites for hydroxylation is 1. The fraction of sp³-hybridized carbons (Fsp3) is 0.231. The predicted molar refractivity (Wildman–Crippen MR) is 69.6 cm³/mol. The maximum absolute atomic E-state index is 8.72. The molecule has 0 spiro atoms. The SMILES string of the molecule is COc1ccc(Cl)cc1-c1nc(CC#N)c(C)[nH]1. The van der Waals surface area contributed by atoms with E-state index in [1.807, 2.05) is 6.92 Å². The van der Waals surface area contributed by atoms with Crippen LogP contribution in [0.2, 0.25) is 5.02 Å². The summed E-state index contributed by atoms with van der Waals surface area (Å²) in [5.74, 6) is 1.36. The van der Waals surface area contributed by atoms with Crippen LogP contribution in [-0.4, -0.2) is 17.1 Å². The first-order valence-electron chi connectivity index (χ1n) is 5.42. The minimum Gasteiger partial charge on any atom is -0.496 e. The lowest BCUT2D eigenvalue weighted by Gasteiger charge is -2.06. The quantitative estimate of drug-likeness (QED) is 0.923. The lowest BCUT2D eigenvalue weighted by atomic mass is 10.2. The van der Waals surface area contributed by atoms with Gasteiger partial charge in [0.25, 0.3) is 0 Å². The van der Waals surface area contributed by atoms with E-state index >= 15 is 0 Å². The summed E-state index contributed by atoms with van der Waals surface area (Å²) in [5, 5.41) is 9.33. The molecule has 0 radical (unpaired) electrons. The van der Waals surface area contributed by atoms with E-state index in [4.69, 9.17) is 21.6 Å². The Hall–Kier alpha value is -1.99. The van der Waals surface area contributed by atoms with Crippen molar-refractivity contribution in [3.8, 4) is 23.2 Å². The number of nitriles is 1. The summed E-state index contributed by atoms with van der Waals surface area (Å²) in [5.41, 5.74) is 2.42. The van der Waals surface area contributed by atoms with Crippen molar-refractivity contribution in [1.29, 1.82) is 5.26 Å². The van der Waals surface area contributed by atoms with E-state index in [0.29, 0.717) is 16.6 Å². The molecule has 1 N–H and O–H groups in total. The van der Waals surface area contributed by atoms with Crippen LogP contribution < -0.4 is 4.74 Å². The molecular weight excluding hydrogens is 250 g/mol. The molecule has 0 aliphatic rings. The number of nitrogens with one attached hydrogen (secondary N) is 1. The summed E-state index contributed by atoms with van der Waals surface area (Å²) in [4.78, 5) is 7.55. The topological polar surface area (TPSA) is 61.7 Å². The number of rotatable bonds is 3. The first-order valence-corrected chi connectivity index (χ1v) is 5.80. The van der Waals surface area contributed by atoms with Crippen LogP contribution >= 0.6 is 11.6 Å². The highest BCUT2D eigenvalue weighted by Crippen LogP contribution is 2.31. The van der Waals surface area contributed by atoms with Gasteiger partial charge < -0.3 is 9.72 Å². The van der Waals surface area contributed by atoms with E-state index in [9.17, 15) is 0 Å². The highest BCUT2D eigenvalue weighted by Gasteiger charge is 2.12. The highest BCUT2D eigenvalue weighted by atomic mass is 35.5. The van der Waals surface area contributed by atoms with Crippen LogP contribution in [-0.2, 0) is 6.42 Å². The molecule has 0 saturated carbocycles. The molecule has 0 aliphatic heterocycles. The van der Waals surface area contributed by atoms with Crippen molar-refractivity contribution in [2.45, 2.75) is 13.3 Å². The fourth-order valence-corrected chi connectivity index (χ4v) is 1.91. The van der Waals surface area contributed by atoms with Gasteiger partial charge in [0.15, 0.2) is 0 Å². The van der Waals surface area contributed by atoms with E-state index in [-0.39, 0.29) is 6.42 Å². The maximum atomic E-state index is 8.72. The molecule has 4 nitrogen and oxygen atoms in total. The number of aromatic nitrogens is 2. The maximum Gasteiger partial charge on any atom is 0.141 e. The van der Waals surface area contributed by atoms with Gasteiger partial charge in [-0.15, -0.1) is 0 Å². The first kappa shape index (κ1) is 12.5. The normalized spacial score (nSPS) is 10.1. The Kier molecular flexibility index (Phi) is 3.54. The third-order valence-corrected chi connectivity index (χ3v) is 2.88. The zero-order valence-electron chi connectivity index (χ0n) is 10.1. The van der Waals surface area contributed by atoms with Crippen molar-refractivity contribution >= 4 is 11.6 Å². The van der Waals surface area contributed by atoms with Crippen molar-refractivity contribution in [3.05, 3.63) is 34.6 Å². The molecule has 0 fully saturated rings. The Bertz CT molecular complexity index is 613. The number of aromatic amines is 1. The molecule has 5 heteroatoms. The second kappa shape index (κ2) is 5.11. The van der Waals surface area contributed by atoms with Crippen molar-refractivity contribution in [2.75, 3.05) is 7.11 Å². The van der Waals surface area contributed by atoms with E-state index in [1.54, 1.807) is 25.3 Å². The average molecular weight is 262 g/mol. The molecule has 1 heterocycles. The van der Waals surface area contributed by atoms with E-state index in [0.717, 1.165) is 17.0 Å². The molecule has 0 amide bonds. The van der Waals surface area contributed by atoms with Crippen LogP contribution in [0.25, 0.3) is 11.4 Å². The number of nitrogens with zero attached hydrogens (tertiary/aromatic N) is 2. The molecule has 0 saturated heterocycles. The average Bonchev–Trinajstić information content (AvgIpc) is 2.71. The Balaban J connectivity index is 2.51. The molecule has 0 aliphatic carbocycles. The first-order chi connectivity index (χ1) is 8.65. The van der Waals surface area contributed by atoms with Crippen molar-refractivity contribution in [2.24, 2.45) is 0 Å². The molecule has 1 aromatic heterocycles. The van der Waals surface area contributed by atoms with Crippen LogP contribution in [0.1, 0.15) is 11.4 Å². The van der Waals surface area contributed by atoms with Gasteiger partial charge in [0.05, 0.1) is 30.9 Å². The highest BCUT2D eigenvalue weighted by molar-refractivity contribution is 6.30. The number of hydrogen-bond donors (Lipinski definition) is 1. The predicted octanol–water partition coefficient (Wildman–Crippen LogP) is 3.11. The van der Waals surface area contributed by atoms with E-state index in [2.05, 4.69) is 16.0 Å². The zero-order valence-corrected chi connectivity index (χ0v) is 10.9. The number of ether oxygens (including phenoxy) is 1. The van der Waals surface area contributed by atoms with Gasteiger partial charge in [-0.05, 0) is 25.1 Å². The molecule has 92 valence electrons. The van der Waals surface area contributed by atoms with Crippen molar-refractivity contribution < 1.29 is 4.74 Å². The lowest BCUT2D eigenvalue weighted by molar-refractivity contribution is 0.416.